The molecular weight excluding hydrogens is 426 g/mol. The summed E-state index contributed by atoms with van der Waals surface area (Å²) in [6, 6.07) is 12.4. The average Bonchev–Trinajstić information content (AvgIpc) is 2.98. The van der Waals surface area contributed by atoms with E-state index in [-0.39, 0.29) is 24.3 Å². The molecule has 1 aliphatic heterocycles. The zero-order valence-corrected chi connectivity index (χ0v) is 17.7. The minimum Gasteiger partial charge on any atom is -0.492 e. The number of carbonyl (C=O) groups is 2. The Hall–Kier alpha value is -3.17. The summed E-state index contributed by atoms with van der Waals surface area (Å²) in [5.41, 5.74) is 1.61. The molecule has 0 atom stereocenters. The number of hydrogen-bond acceptors (Lipinski definition) is 7. The van der Waals surface area contributed by atoms with Gasteiger partial charge in [-0.2, -0.15) is 0 Å². The summed E-state index contributed by atoms with van der Waals surface area (Å²) in [7, 11) is 0. The number of nitrogens with zero attached hydrogens (tertiary/aromatic N) is 3. The molecule has 0 aliphatic carbocycles. The summed E-state index contributed by atoms with van der Waals surface area (Å²) in [4.78, 5) is 42.4. The number of benzene rings is 2. The molecule has 0 aromatic heterocycles. The third-order valence-electron chi connectivity index (χ3n) is 4.90. The maximum atomic E-state index is 12.5. The molecule has 164 valence electrons. The molecule has 2 amide bonds. The topological polar surface area (TPSA) is 102 Å². The van der Waals surface area contributed by atoms with Crippen LogP contribution in [-0.4, -0.2) is 59.5 Å². The largest absolute Gasteiger partial charge is 0.492 e. The van der Waals surface area contributed by atoms with Crippen molar-refractivity contribution < 1.29 is 24.3 Å². The lowest BCUT2D eigenvalue weighted by atomic mass is 10.1. The van der Waals surface area contributed by atoms with Crippen LogP contribution in [-0.2, 0) is 11.4 Å². The molecule has 2 aromatic carbocycles. The van der Waals surface area contributed by atoms with E-state index in [4.69, 9.17) is 16.3 Å². The summed E-state index contributed by atoms with van der Waals surface area (Å²) in [6.45, 7) is 4.17. The van der Waals surface area contributed by atoms with Crippen molar-refractivity contribution in [3.63, 3.8) is 0 Å². The van der Waals surface area contributed by atoms with Gasteiger partial charge in [0.1, 0.15) is 19.0 Å². The Bertz CT molecular complexity index is 966. The third-order valence-corrected chi connectivity index (χ3v) is 5.15. The second-order valence-electron chi connectivity index (χ2n) is 6.87. The molecule has 10 heteroatoms. The zero-order valence-electron chi connectivity index (χ0n) is 17.0. The van der Waals surface area contributed by atoms with Gasteiger partial charge < -0.3 is 9.57 Å². The van der Waals surface area contributed by atoms with E-state index in [0.717, 1.165) is 23.6 Å². The molecule has 0 radical (unpaired) electrons. The van der Waals surface area contributed by atoms with Gasteiger partial charge in [0.05, 0.1) is 17.7 Å². The van der Waals surface area contributed by atoms with Gasteiger partial charge >= 0.3 is 0 Å². The van der Waals surface area contributed by atoms with E-state index in [1.165, 1.54) is 12.1 Å². The fourth-order valence-electron chi connectivity index (χ4n) is 3.26. The highest BCUT2D eigenvalue weighted by Crippen LogP contribution is 2.26. The maximum absolute atomic E-state index is 12.5. The Morgan fingerprint density at radius 3 is 2.45 bits per heavy atom. The molecule has 2 aromatic rings. The Labute approximate surface area is 184 Å². The summed E-state index contributed by atoms with van der Waals surface area (Å²) in [5, 5.41) is 9.99. The number of likely N-dealkylation sites (N-methyl/N-ethyl adjacent to an activating group) is 1. The standard InChI is InChI=1S/C21H22ClN3O6/c1-2-23(14-15-3-5-16(22)6-4-15)9-11-30-17-7-8-18-19(13-17)21(27)24(20(18)26)10-12-31-25(28)29/h3-8,13H,2,9-12,14H2,1H3. The van der Waals surface area contributed by atoms with E-state index >= 15 is 0 Å². The summed E-state index contributed by atoms with van der Waals surface area (Å²) >= 11 is 5.92. The van der Waals surface area contributed by atoms with E-state index in [9.17, 15) is 19.7 Å². The first-order valence-electron chi connectivity index (χ1n) is 9.76. The van der Waals surface area contributed by atoms with E-state index in [1.807, 2.05) is 24.3 Å². The van der Waals surface area contributed by atoms with Crippen LogP contribution < -0.4 is 4.74 Å². The normalized spacial score (nSPS) is 12.9. The van der Waals surface area contributed by atoms with Gasteiger partial charge in [0.15, 0.2) is 0 Å². The van der Waals surface area contributed by atoms with Crippen molar-refractivity contribution >= 4 is 23.4 Å². The van der Waals surface area contributed by atoms with Gasteiger partial charge in [-0.15, -0.1) is 10.1 Å². The molecule has 0 N–H and O–H groups in total. The van der Waals surface area contributed by atoms with E-state index in [0.29, 0.717) is 23.9 Å². The first-order chi connectivity index (χ1) is 14.9. The highest BCUT2D eigenvalue weighted by molar-refractivity contribution is 6.30. The number of ether oxygens (including phenoxy) is 1. The SMILES string of the molecule is CCN(CCOc1ccc2c(c1)C(=O)N(CCO[N+](=O)[O-])C2=O)Cc1ccc(Cl)cc1. The Kier molecular flexibility index (Phi) is 7.43. The van der Waals surface area contributed by atoms with Crippen LogP contribution >= 0.6 is 11.6 Å². The number of hydrogen-bond donors (Lipinski definition) is 0. The zero-order chi connectivity index (χ0) is 22.4. The number of amides is 2. The summed E-state index contributed by atoms with van der Waals surface area (Å²) in [5.74, 6) is -0.542. The molecule has 1 aliphatic rings. The van der Waals surface area contributed by atoms with Crippen LogP contribution in [0.5, 0.6) is 5.75 Å². The molecule has 9 nitrogen and oxygen atoms in total. The van der Waals surface area contributed by atoms with Crippen LogP contribution in [0.25, 0.3) is 0 Å². The first kappa shape index (κ1) is 22.5. The lowest BCUT2D eigenvalue weighted by Crippen LogP contribution is -2.33. The predicted octanol–water partition coefficient (Wildman–Crippen LogP) is 3.05. The molecule has 3 rings (SSSR count). The van der Waals surface area contributed by atoms with Gasteiger partial charge in [-0.3, -0.25) is 19.4 Å². The van der Waals surface area contributed by atoms with Crippen LogP contribution in [0.4, 0.5) is 0 Å². The third kappa shape index (κ3) is 5.71. The van der Waals surface area contributed by atoms with E-state index < -0.39 is 16.9 Å². The number of carbonyl (C=O) groups excluding carboxylic acids is 2. The fourth-order valence-corrected chi connectivity index (χ4v) is 3.38. The molecule has 1 heterocycles. The Balaban J connectivity index is 1.55. The second-order valence-corrected chi connectivity index (χ2v) is 7.31. The van der Waals surface area contributed by atoms with Crippen molar-refractivity contribution in [2.75, 3.05) is 32.8 Å². The van der Waals surface area contributed by atoms with Crippen LogP contribution in [0.15, 0.2) is 42.5 Å². The van der Waals surface area contributed by atoms with Gasteiger partial charge in [0.2, 0.25) is 0 Å². The van der Waals surface area contributed by atoms with Gasteiger partial charge in [0, 0.05) is 18.1 Å². The van der Waals surface area contributed by atoms with E-state index in [1.54, 1.807) is 6.07 Å². The minimum atomic E-state index is -0.962. The quantitative estimate of drug-likeness (QED) is 0.296. The van der Waals surface area contributed by atoms with E-state index in [2.05, 4.69) is 16.7 Å². The van der Waals surface area contributed by atoms with Gasteiger partial charge in [-0.1, -0.05) is 30.7 Å². The number of imide groups is 1. The molecule has 0 spiro atoms. The smallest absolute Gasteiger partial charge is 0.294 e. The summed E-state index contributed by atoms with van der Waals surface area (Å²) < 4.78 is 5.79. The first-order valence-corrected chi connectivity index (χ1v) is 10.1. The Morgan fingerprint density at radius 1 is 1.06 bits per heavy atom. The lowest BCUT2D eigenvalue weighted by Gasteiger charge is -2.20. The second kappa shape index (κ2) is 10.2. The van der Waals surface area contributed by atoms with Crippen molar-refractivity contribution in [1.29, 1.82) is 0 Å². The van der Waals surface area contributed by atoms with Crippen LogP contribution in [0, 0.1) is 10.1 Å². The molecule has 0 bridgehead atoms. The maximum Gasteiger partial charge on any atom is 0.294 e. The Morgan fingerprint density at radius 2 is 1.77 bits per heavy atom. The highest BCUT2D eigenvalue weighted by Gasteiger charge is 2.35. The molecule has 0 fully saturated rings. The molecule has 0 unspecified atom stereocenters. The van der Waals surface area contributed by atoms with Crippen molar-refractivity contribution in [2.24, 2.45) is 0 Å². The van der Waals surface area contributed by atoms with Crippen LogP contribution in [0.2, 0.25) is 5.02 Å². The lowest BCUT2D eigenvalue weighted by molar-refractivity contribution is -0.757. The number of halogens is 1. The fraction of sp³-hybridized carbons (Fsp3) is 0.333. The predicted molar refractivity (Wildman–Crippen MR) is 113 cm³/mol. The van der Waals surface area contributed by atoms with Crippen molar-refractivity contribution in [2.45, 2.75) is 13.5 Å². The monoisotopic (exact) mass is 447 g/mol. The molecule has 0 saturated heterocycles. The van der Waals surface area contributed by atoms with Crippen LogP contribution in [0.3, 0.4) is 0 Å². The highest BCUT2D eigenvalue weighted by atomic mass is 35.5. The van der Waals surface area contributed by atoms with Crippen molar-refractivity contribution in [1.82, 2.24) is 9.80 Å². The molecular formula is C21H22ClN3O6. The van der Waals surface area contributed by atoms with Crippen molar-refractivity contribution in [3.05, 3.63) is 74.3 Å². The van der Waals surface area contributed by atoms with Gasteiger partial charge in [-0.25, -0.2) is 0 Å². The minimum absolute atomic E-state index is 0.195. The van der Waals surface area contributed by atoms with Gasteiger partial charge in [-0.05, 0) is 42.4 Å². The summed E-state index contributed by atoms with van der Waals surface area (Å²) in [6.07, 6.45) is 0. The van der Waals surface area contributed by atoms with Crippen LogP contribution in [0.1, 0.15) is 33.2 Å². The average molecular weight is 448 g/mol. The number of rotatable bonds is 11. The van der Waals surface area contributed by atoms with Crippen molar-refractivity contribution in [3.8, 4) is 5.75 Å². The number of fused-ring (bicyclic) bond motifs is 1. The van der Waals surface area contributed by atoms with Gasteiger partial charge in [0.25, 0.3) is 16.9 Å². The molecule has 31 heavy (non-hydrogen) atoms. The molecule has 0 saturated carbocycles.